The van der Waals surface area contributed by atoms with Crippen LogP contribution in [0.25, 0.3) is 4.98 Å². The van der Waals surface area contributed by atoms with Crippen molar-refractivity contribution < 1.29 is 4.79 Å². The van der Waals surface area contributed by atoms with Gasteiger partial charge in [0.05, 0.1) is 11.6 Å². The lowest BCUT2D eigenvalue weighted by Crippen LogP contribution is -1.87. The third-order valence-electron chi connectivity index (χ3n) is 1.10. The van der Waals surface area contributed by atoms with Gasteiger partial charge in [-0.05, 0) is 6.92 Å². The minimum atomic E-state index is -0.179. The van der Waals surface area contributed by atoms with Gasteiger partial charge in [0.15, 0.2) is 11.3 Å². The van der Waals surface area contributed by atoms with Gasteiger partial charge in [-0.15, -0.1) is 5.10 Å². The lowest BCUT2D eigenvalue weighted by atomic mass is 10.2. The number of carbonyl (C=O) groups excluding carboxylic acids is 1. The summed E-state index contributed by atoms with van der Waals surface area (Å²) in [6.07, 6.45) is 1.32. The second-order valence-corrected chi connectivity index (χ2v) is 1.79. The maximum absolute atomic E-state index is 10.7. The zero-order valence-corrected chi connectivity index (χ0v) is 5.33. The van der Waals surface area contributed by atoms with Gasteiger partial charge in [0, 0.05) is 4.98 Å². The van der Waals surface area contributed by atoms with E-state index >= 15 is 0 Å². The summed E-state index contributed by atoms with van der Waals surface area (Å²) < 4.78 is 0. The van der Waals surface area contributed by atoms with E-state index in [1.807, 2.05) is 0 Å². The molecule has 0 atom stereocenters. The Balaban J connectivity index is 3.17. The van der Waals surface area contributed by atoms with Crippen LogP contribution >= 0.6 is 0 Å². The molecular formula is C5H5N4O+. The normalized spacial score (nSPS) is 8.80. The molecule has 0 unspecified atom stereocenters. The lowest BCUT2D eigenvalue weighted by Gasteiger charge is -1.76. The molecule has 50 valence electrons. The Morgan fingerprint density at radius 3 is 3.00 bits per heavy atom. The smallest absolute Gasteiger partial charge is 0.294 e. The van der Waals surface area contributed by atoms with Crippen LogP contribution in [0.3, 0.4) is 0 Å². The fourth-order valence-corrected chi connectivity index (χ4v) is 0.613. The first-order valence-corrected chi connectivity index (χ1v) is 2.65. The van der Waals surface area contributed by atoms with Crippen molar-refractivity contribution >= 4 is 11.6 Å². The van der Waals surface area contributed by atoms with Crippen molar-refractivity contribution in [3.8, 4) is 0 Å². The van der Waals surface area contributed by atoms with Crippen molar-refractivity contribution in [2.45, 2.75) is 6.92 Å². The summed E-state index contributed by atoms with van der Waals surface area (Å²) in [4.78, 5) is 13.5. The zero-order valence-electron chi connectivity index (χ0n) is 5.33. The molecule has 1 N–H and O–H groups in total. The summed E-state index contributed by atoms with van der Waals surface area (Å²) >= 11 is 0. The molecule has 1 heterocycles. The third kappa shape index (κ3) is 0.865. The van der Waals surface area contributed by atoms with E-state index in [-0.39, 0.29) is 11.6 Å². The van der Waals surface area contributed by atoms with Gasteiger partial charge < -0.3 is 0 Å². The first-order valence-electron chi connectivity index (χ1n) is 2.65. The maximum Gasteiger partial charge on any atom is 0.454 e. The van der Waals surface area contributed by atoms with Crippen LogP contribution in [0, 0.1) is 5.39 Å². The molecule has 5 heteroatoms. The van der Waals surface area contributed by atoms with Crippen LogP contribution in [-0.2, 0) is 0 Å². The van der Waals surface area contributed by atoms with Crippen molar-refractivity contribution in [2.75, 3.05) is 0 Å². The van der Waals surface area contributed by atoms with Gasteiger partial charge in [0.2, 0.25) is 0 Å². The number of nitrogens with one attached hydrogen (secondary N) is 1. The number of nitrogens with zero attached hydrogens (tertiary/aromatic N) is 3. The molecule has 1 rings (SSSR count). The van der Waals surface area contributed by atoms with Gasteiger partial charge in [0.25, 0.3) is 0 Å². The SMILES string of the molecule is CC(=O)c1cn[nH]c1[N+]#N. The Kier molecular flexibility index (Phi) is 1.46. The van der Waals surface area contributed by atoms with Gasteiger partial charge in [-0.25, -0.2) is 0 Å². The fraction of sp³-hybridized carbons (Fsp3) is 0.200. The highest BCUT2D eigenvalue weighted by molar-refractivity contribution is 5.98. The minimum absolute atomic E-state index is 0.104. The number of diazo groups is 1. The molecule has 0 aromatic carbocycles. The lowest BCUT2D eigenvalue weighted by molar-refractivity contribution is 0.101. The fourth-order valence-electron chi connectivity index (χ4n) is 0.613. The van der Waals surface area contributed by atoms with E-state index in [9.17, 15) is 4.79 Å². The quantitative estimate of drug-likeness (QED) is 0.465. The van der Waals surface area contributed by atoms with Gasteiger partial charge >= 0.3 is 5.82 Å². The van der Waals surface area contributed by atoms with E-state index in [1.54, 1.807) is 0 Å². The molecular weight excluding hydrogens is 132 g/mol. The summed E-state index contributed by atoms with van der Waals surface area (Å²) in [5.41, 5.74) is 0.294. The molecule has 1 aromatic heterocycles. The van der Waals surface area contributed by atoms with Crippen LogP contribution in [0.1, 0.15) is 17.3 Å². The summed E-state index contributed by atoms with van der Waals surface area (Å²) in [7, 11) is 0. The number of Topliss-reactive ketones (excluding diaryl/α,β-unsaturated/α-hetero) is 1. The molecule has 0 bridgehead atoms. The van der Waals surface area contributed by atoms with E-state index in [4.69, 9.17) is 5.39 Å². The van der Waals surface area contributed by atoms with Crippen molar-refractivity contribution in [2.24, 2.45) is 0 Å². The van der Waals surface area contributed by atoms with E-state index in [2.05, 4.69) is 15.2 Å². The third-order valence-corrected chi connectivity index (χ3v) is 1.10. The molecule has 0 radical (unpaired) electrons. The largest absolute Gasteiger partial charge is 0.454 e. The number of aromatic amines is 1. The standard InChI is InChI=1S/C5H4N4O/c1-3(10)4-2-7-9-5(4)8-6/h2H,1H3/p+1. The average Bonchev–Trinajstić information content (AvgIpc) is 2.33. The number of ketones is 1. The van der Waals surface area contributed by atoms with Gasteiger partial charge in [0.1, 0.15) is 0 Å². The van der Waals surface area contributed by atoms with Gasteiger partial charge in [-0.2, -0.15) is 0 Å². The molecule has 0 spiro atoms. The number of hydrogen-bond acceptors (Lipinski definition) is 3. The Hall–Kier alpha value is -1.70. The van der Waals surface area contributed by atoms with Crippen LogP contribution in [0.15, 0.2) is 6.20 Å². The van der Waals surface area contributed by atoms with Gasteiger partial charge in [-0.3, -0.25) is 4.79 Å². The molecule has 1 aromatic rings. The highest BCUT2D eigenvalue weighted by atomic mass is 16.1. The summed E-state index contributed by atoms with van der Waals surface area (Å²) in [5, 5.41) is 14.1. The Bertz CT molecular complexity index is 295. The molecule has 10 heavy (non-hydrogen) atoms. The predicted octanol–water partition coefficient (Wildman–Crippen LogP) is 1.10. The van der Waals surface area contributed by atoms with Crippen LogP contribution < -0.4 is 0 Å². The number of hydrogen-bond donors (Lipinski definition) is 1. The molecule has 0 saturated heterocycles. The molecule has 0 aliphatic carbocycles. The number of rotatable bonds is 1. The Morgan fingerprint density at radius 1 is 1.90 bits per heavy atom. The average molecular weight is 137 g/mol. The summed E-state index contributed by atoms with van der Waals surface area (Å²) in [6, 6.07) is 0. The summed E-state index contributed by atoms with van der Waals surface area (Å²) in [6.45, 7) is 1.37. The van der Waals surface area contributed by atoms with Crippen LogP contribution in [0.2, 0.25) is 0 Å². The Morgan fingerprint density at radius 2 is 2.60 bits per heavy atom. The number of aromatic nitrogens is 2. The van der Waals surface area contributed by atoms with Crippen LogP contribution in [0.5, 0.6) is 0 Å². The second kappa shape index (κ2) is 2.27. The second-order valence-electron chi connectivity index (χ2n) is 1.79. The topological polar surface area (TPSA) is 73.9 Å². The molecule has 0 aliphatic heterocycles. The highest BCUT2D eigenvalue weighted by Gasteiger charge is 2.17. The van der Waals surface area contributed by atoms with Crippen molar-refractivity contribution in [1.29, 1.82) is 5.39 Å². The van der Waals surface area contributed by atoms with E-state index < -0.39 is 0 Å². The zero-order chi connectivity index (χ0) is 7.56. The molecule has 0 fully saturated rings. The molecule has 5 nitrogen and oxygen atoms in total. The van der Waals surface area contributed by atoms with Crippen LogP contribution in [-0.4, -0.2) is 16.0 Å². The molecule has 0 aliphatic rings. The van der Waals surface area contributed by atoms with Crippen molar-refractivity contribution in [3.63, 3.8) is 0 Å². The van der Waals surface area contributed by atoms with Crippen molar-refractivity contribution in [1.82, 2.24) is 10.2 Å². The van der Waals surface area contributed by atoms with Gasteiger partial charge in [-0.1, -0.05) is 5.10 Å². The Labute approximate surface area is 56.7 Å². The molecule has 0 amide bonds. The highest BCUT2D eigenvalue weighted by Crippen LogP contribution is 2.13. The summed E-state index contributed by atoms with van der Waals surface area (Å²) in [5.74, 6) is -0.0750. The minimum Gasteiger partial charge on any atom is -0.294 e. The van der Waals surface area contributed by atoms with Crippen molar-refractivity contribution in [3.05, 3.63) is 16.7 Å². The first-order chi connectivity index (χ1) is 4.75. The maximum atomic E-state index is 10.7. The van der Waals surface area contributed by atoms with E-state index in [0.717, 1.165) is 0 Å². The first kappa shape index (κ1) is 6.42. The number of H-pyrrole nitrogens is 1. The molecule has 0 saturated carbocycles. The van der Waals surface area contributed by atoms with E-state index in [1.165, 1.54) is 13.1 Å². The van der Waals surface area contributed by atoms with E-state index in [0.29, 0.717) is 5.56 Å². The predicted molar refractivity (Wildman–Crippen MR) is 33.3 cm³/mol. The van der Waals surface area contributed by atoms with Crippen LogP contribution in [0.4, 0.5) is 5.82 Å². The monoisotopic (exact) mass is 137 g/mol. The number of carbonyl (C=O) groups is 1.